The Kier molecular flexibility index (Phi) is 3.54. The highest BCUT2D eigenvalue weighted by Gasteiger charge is 2.25. The highest BCUT2D eigenvalue weighted by Crippen LogP contribution is 2.24. The summed E-state index contributed by atoms with van der Waals surface area (Å²) in [6.45, 7) is 2.03. The topological polar surface area (TPSA) is 44.1 Å². The molecule has 1 fully saturated rings. The SMILES string of the molecule is C[C@H](c1ccccc1)n1nccc1C(=O)OC1CCC1. The van der Waals surface area contributed by atoms with Crippen LogP contribution in [0.5, 0.6) is 0 Å². The first-order chi connectivity index (χ1) is 9.75. The predicted molar refractivity (Wildman–Crippen MR) is 75.5 cm³/mol. The zero-order chi connectivity index (χ0) is 13.9. The summed E-state index contributed by atoms with van der Waals surface area (Å²) in [4.78, 5) is 12.2. The van der Waals surface area contributed by atoms with Gasteiger partial charge in [-0.2, -0.15) is 5.10 Å². The van der Waals surface area contributed by atoms with Gasteiger partial charge < -0.3 is 4.74 Å². The van der Waals surface area contributed by atoms with E-state index in [-0.39, 0.29) is 18.1 Å². The van der Waals surface area contributed by atoms with Crippen molar-refractivity contribution in [2.75, 3.05) is 0 Å². The zero-order valence-corrected chi connectivity index (χ0v) is 11.5. The van der Waals surface area contributed by atoms with E-state index in [1.165, 1.54) is 0 Å². The van der Waals surface area contributed by atoms with E-state index >= 15 is 0 Å². The molecule has 104 valence electrons. The third-order valence-corrected chi connectivity index (χ3v) is 3.85. The molecule has 1 aliphatic rings. The molecule has 0 bridgehead atoms. The molecular weight excluding hydrogens is 252 g/mol. The predicted octanol–water partition coefficient (Wildman–Crippen LogP) is 3.20. The van der Waals surface area contributed by atoms with Crippen molar-refractivity contribution in [3.63, 3.8) is 0 Å². The lowest BCUT2D eigenvalue weighted by Gasteiger charge is -2.25. The third-order valence-electron chi connectivity index (χ3n) is 3.85. The number of esters is 1. The second kappa shape index (κ2) is 5.49. The van der Waals surface area contributed by atoms with Crippen LogP contribution in [0.1, 0.15) is 48.3 Å². The minimum atomic E-state index is -0.269. The van der Waals surface area contributed by atoms with Crippen molar-refractivity contribution in [3.05, 3.63) is 53.9 Å². The van der Waals surface area contributed by atoms with Gasteiger partial charge in [0.15, 0.2) is 0 Å². The minimum Gasteiger partial charge on any atom is -0.458 e. The van der Waals surface area contributed by atoms with Gasteiger partial charge in [0, 0.05) is 6.20 Å². The summed E-state index contributed by atoms with van der Waals surface area (Å²) in [5, 5.41) is 4.28. The number of aromatic nitrogens is 2. The van der Waals surface area contributed by atoms with Gasteiger partial charge in [-0.15, -0.1) is 0 Å². The lowest BCUT2D eigenvalue weighted by atomic mass is 9.96. The van der Waals surface area contributed by atoms with Gasteiger partial charge in [0.1, 0.15) is 11.8 Å². The summed E-state index contributed by atoms with van der Waals surface area (Å²) in [6, 6.07) is 11.8. The number of benzene rings is 1. The smallest absolute Gasteiger partial charge is 0.356 e. The maximum atomic E-state index is 12.2. The fourth-order valence-corrected chi connectivity index (χ4v) is 2.36. The molecular formula is C16H18N2O2. The van der Waals surface area contributed by atoms with Gasteiger partial charge in [0.25, 0.3) is 0 Å². The van der Waals surface area contributed by atoms with Crippen LogP contribution in [0.15, 0.2) is 42.6 Å². The number of carbonyl (C=O) groups excluding carboxylic acids is 1. The second-order valence-electron chi connectivity index (χ2n) is 5.21. The van der Waals surface area contributed by atoms with E-state index < -0.39 is 0 Å². The first-order valence-corrected chi connectivity index (χ1v) is 7.05. The van der Waals surface area contributed by atoms with Crippen molar-refractivity contribution < 1.29 is 9.53 Å². The van der Waals surface area contributed by atoms with Crippen LogP contribution in [0.2, 0.25) is 0 Å². The maximum absolute atomic E-state index is 12.2. The van der Waals surface area contributed by atoms with Crippen LogP contribution >= 0.6 is 0 Å². The summed E-state index contributed by atoms with van der Waals surface area (Å²) >= 11 is 0. The number of hydrogen-bond acceptors (Lipinski definition) is 3. The molecule has 4 nitrogen and oxygen atoms in total. The molecule has 1 aromatic heterocycles. The first kappa shape index (κ1) is 12.9. The maximum Gasteiger partial charge on any atom is 0.356 e. The summed E-state index contributed by atoms with van der Waals surface area (Å²) < 4.78 is 7.19. The highest BCUT2D eigenvalue weighted by molar-refractivity contribution is 5.87. The molecule has 0 unspecified atom stereocenters. The normalized spacial score (nSPS) is 16.4. The average Bonchev–Trinajstić information content (AvgIpc) is 2.92. The monoisotopic (exact) mass is 270 g/mol. The number of hydrogen-bond donors (Lipinski definition) is 0. The van der Waals surface area contributed by atoms with Crippen LogP contribution in [-0.4, -0.2) is 21.9 Å². The van der Waals surface area contributed by atoms with Gasteiger partial charge in [-0.25, -0.2) is 4.79 Å². The Morgan fingerprint density at radius 3 is 2.70 bits per heavy atom. The van der Waals surface area contributed by atoms with Crippen molar-refractivity contribution in [1.29, 1.82) is 0 Å². The Morgan fingerprint density at radius 1 is 1.30 bits per heavy atom. The molecule has 1 atom stereocenters. The quantitative estimate of drug-likeness (QED) is 0.801. The largest absolute Gasteiger partial charge is 0.458 e. The summed E-state index contributed by atoms with van der Waals surface area (Å²) in [5.74, 6) is -0.269. The van der Waals surface area contributed by atoms with Crippen LogP contribution in [0.4, 0.5) is 0 Å². The summed E-state index contributed by atoms with van der Waals surface area (Å²) in [5.41, 5.74) is 1.64. The number of nitrogens with zero attached hydrogens (tertiary/aromatic N) is 2. The molecule has 0 amide bonds. The molecule has 1 aliphatic carbocycles. The number of ether oxygens (including phenoxy) is 1. The zero-order valence-electron chi connectivity index (χ0n) is 11.5. The van der Waals surface area contributed by atoms with Crippen molar-refractivity contribution in [1.82, 2.24) is 9.78 Å². The van der Waals surface area contributed by atoms with E-state index in [0.717, 1.165) is 24.8 Å². The molecule has 20 heavy (non-hydrogen) atoms. The van der Waals surface area contributed by atoms with E-state index in [1.807, 2.05) is 37.3 Å². The Bertz CT molecular complexity index is 588. The third kappa shape index (κ3) is 2.46. The molecule has 0 spiro atoms. The van der Waals surface area contributed by atoms with Crippen LogP contribution in [-0.2, 0) is 4.74 Å². The second-order valence-corrected chi connectivity index (χ2v) is 5.21. The van der Waals surface area contributed by atoms with Gasteiger partial charge in [0.05, 0.1) is 6.04 Å². The standard InChI is InChI=1S/C16H18N2O2/c1-12(13-6-3-2-4-7-13)18-15(10-11-17-18)16(19)20-14-8-5-9-14/h2-4,6-7,10-12,14H,5,8-9H2,1H3/t12-/m1/s1. The van der Waals surface area contributed by atoms with Crippen LogP contribution < -0.4 is 0 Å². The highest BCUT2D eigenvalue weighted by atomic mass is 16.5. The van der Waals surface area contributed by atoms with Crippen molar-refractivity contribution in [2.24, 2.45) is 0 Å². The Hall–Kier alpha value is -2.10. The van der Waals surface area contributed by atoms with Crippen molar-refractivity contribution in [2.45, 2.75) is 38.3 Å². The number of carbonyl (C=O) groups is 1. The molecule has 0 saturated heterocycles. The Balaban J connectivity index is 1.80. The van der Waals surface area contributed by atoms with Crippen LogP contribution in [0, 0.1) is 0 Å². The lowest BCUT2D eigenvalue weighted by molar-refractivity contribution is 0.00760. The van der Waals surface area contributed by atoms with E-state index in [2.05, 4.69) is 5.10 Å². The van der Waals surface area contributed by atoms with Gasteiger partial charge in [0.2, 0.25) is 0 Å². The average molecular weight is 270 g/mol. The number of rotatable bonds is 4. The Labute approximate surface area is 118 Å². The lowest BCUT2D eigenvalue weighted by Crippen LogP contribution is -2.27. The van der Waals surface area contributed by atoms with E-state index in [1.54, 1.807) is 16.9 Å². The Morgan fingerprint density at radius 2 is 2.05 bits per heavy atom. The van der Waals surface area contributed by atoms with Gasteiger partial charge >= 0.3 is 5.97 Å². The fourth-order valence-electron chi connectivity index (χ4n) is 2.36. The molecule has 0 aliphatic heterocycles. The summed E-state index contributed by atoms with van der Waals surface area (Å²) in [6.07, 6.45) is 4.86. The van der Waals surface area contributed by atoms with Crippen LogP contribution in [0.3, 0.4) is 0 Å². The summed E-state index contributed by atoms with van der Waals surface area (Å²) in [7, 11) is 0. The molecule has 2 aromatic rings. The molecule has 0 radical (unpaired) electrons. The van der Waals surface area contributed by atoms with E-state index in [0.29, 0.717) is 5.69 Å². The van der Waals surface area contributed by atoms with Gasteiger partial charge in [-0.1, -0.05) is 30.3 Å². The van der Waals surface area contributed by atoms with Crippen molar-refractivity contribution in [3.8, 4) is 0 Å². The molecule has 1 saturated carbocycles. The minimum absolute atomic E-state index is 0.00939. The van der Waals surface area contributed by atoms with E-state index in [4.69, 9.17) is 4.74 Å². The van der Waals surface area contributed by atoms with Crippen molar-refractivity contribution >= 4 is 5.97 Å². The molecule has 1 heterocycles. The molecule has 1 aromatic carbocycles. The van der Waals surface area contributed by atoms with Gasteiger partial charge in [-0.3, -0.25) is 4.68 Å². The molecule has 0 N–H and O–H groups in total. The van der Waals surface area contributed by atoms with Gasteiger partial charge in [-0.05, 0) is 37.8 Å². The van der Waals surface area contributed by atoms with Crippen LogP contribution in [0.25, 0.3) is 0 Å². The first-order valence-electron chi connectivity index (χ1n) is 7.05. The van der Waals surface area contributed by atoms with E-state index in [9.17, 15) is 4.79 Å². The molecule has 3 rings (SSSR count). The molecule has 4 heteroatoms. The fraction of sp³-hybridized carbons (Fsp3) is 0.375.